The van der Waals surface area contributed by atoms with E-state index in [1.165, 1.54) is 19.3 Å². The van der Waals surface area contributed by atoms with E-state index in [2.05, 4.69) is 16.3 Å². The largest absolute Gasteiger partial charge is 0.497 e. The summed E-state index contributed by atoms with van der Waals surface area (Å²) in [6, 6.07) is 8.21. The standard InChI is InChI=1S/C18H28N2O2/c1-20(2)17(15-10-7-11-16(12-15)22-3)13-19-18(21)14-8-5-4-6-9-14/h7,10-12,14,17H,4-6,8-9,13H2,1-3H3,(H,19,21). The number of rotatable bonds is 6. The van der Waals surface area contributed by atoms with Crippen LogP contribution in [0.4, 0.5) is 0 Å². The van der Waals surface area contributed by atoms with Crippen molar-refractivity contribution in [3.8, 4) is 5.75 Å². The zero-order valence-corrected chi connectivity index (χ0v) is 14.0. The molecule has 1 amide bonds. The van der Waals surface area contributed by atoms with Gasteiger partial charge >= 0.3 is 0 Å². The molecule has 0 aromatic heterocycles. The molecule has 0 heterocycles. The summed E-state index contributed by atoms with van der Waals surface area (Å²) < 4.78 is 5.30. The molecule has 1 aromatic rings. The van der Waals surface area contributed by atoms with E-state index in [-0.39, 0.29) is 17.9 Å². The second-order valence-corrected chi connectivity index (χ2v) is 6.34. The first kappa shape index (κ1) is 16.8. The van der Waals surface area contributed by atoms with Gasteiger partial charge in [-0.25, -0.2) is 0 Å². The van der Waals surface area contributed by atoms with Crippen LogP contribution in [0, 0.1) is 5.92 Å². The molecule has 1 saturated carbocycles. The molecule has 0 spiro atoms. The third-order valence-electron chi connectivity index (χ3n) is 4.55. The summed E-state index contributed by atoms with van der Waals surface area (Å²) in [5.41, 5.74) is 1.16. The van der Waals surface area contributed by atoms with Crippen molar-refractivity contribution in [1.29, 1.82) is 0 Å². The van der Waals surface area contributed by atoms with Crippen molar-refractivity contribution in [2.24, 2.45) is 5.92 Å². The van der Waals surface area contributed by atoms with Crippen molar-refractivity contribution in [3.05, 3.63) is 29.8 Å². The maximum atomic E-state index is 12.3. The molecule has 2 rings (SSSR count). The number of hydrogen-bond donors (Lipinski definition) is 1. The summed E-state index contributed by atoms with van der Waals surface area (Å²) in [7, 11) is 5.75. The highest BCUT2D eigenvalue weighted by atomic mass is 16.5. The van der Waals surface area contributed by atoms with Crippen molar-refractivity contribution >= 4 is 5.91 Å². The Morgan fingerprint density at radius 3 is 2.68 bits per heavy atom. The number of benzene rings is 1. The number of nitrogens with zero attached hydrogens (tertiary/aromatic N) is 1. The molecule has 0 saturated heterocycles. The summed E-state index contributed by atoms with van der Waals surface area (Å²) in [4.78, 5) is 14.5. The number of carbonyl (C=O) groups excluding carboxylic acids is 1. The Morgan fingerprint density at radius 2 is 2.05 bits per heavy atom. The van der Waals surface area contributed by atoms with Crippen molar-refractivity contribution < 1.29 is 9.53 Å². The normalized spacial score (nSPS) is 17.3. The Morgan fingerprint density at radius 1 is 1.32 bits per heavy atom. The van der Waals surface area contributed by atoms with Gasteiger partial charge in [-0.15, -0.1) is 0 Å². The van der Waals surface area contributed by atoms with Gasteiger partial charge in [-0.3, -0.25) is 4.79 Å². The average Bonchev–Trinajstić information content (AvgIpc) is 2.55. The highest BCUT2D eigenvalue weighted by Gasteiger charge is 2.22. The SMILES string of the molecule is COc1cccc(C(CNC(=O)C2CCCCC2)N(C)C)c1. The highest BCUT2D eigenvalue weighted by molar-refractivity contribution is 5.78. The summed E-state index contributed by atoms with van der Waals surface area (Å²) >= 11 is 0. The lowest BCUT2D eigenvalue weighted by Crippen LogP contribution is -2.38. The third kappa shape index (κ3) is 4.47. The van der Waals surface area contributed by atoms with Crippen molar-refractivity contribution in [2.75, 3.05) is 27.7 Å². The fourth-order valence-electron chi connectivity index (χ4n) is 3.15. The Bertz CT molecular complexity index is 482. The van der Waals surface area contributed by atoms with Gasteiger partial charge < -0.3 is 15.0 Å². The predicted molar refractivity (Wildman–Crippen MR) is 89.0 cm³/mol. The van der Waals surface area contributed by atoms with Gasteiger partial charge in [0.25, 0.3) is 0 Å². The number of amides is 1. The molecule has 4 heteroatoms. The Hall–Kier alpha value is -1.55. The first-order chi connectivity index (χ1) is 10.6. The quantitative estimate of drug-likeness (QED) is 0.878. The van der Waals surface area contributed by atoms with Crippen LogP contribution in [0.15, 0.2) is 24.3 Å². The van der Waals surface area contributed by atoms with Crippen LogP contribution in [0.1, 0.15) is 43.7 Å². The van der Waals surface area contributed by atoms with E-state index in [0.29, 0.717) is 6.54 Å². The van der Waals surface area contributed by atoms with Crippen LogP contribution < -0.4 is 10.1 Å². The van der Waals surface area contributed by atoms with Crippen LogP contribution in [0.2, 0.25) is 0 Å². The molecule has 0 radical (unpaired) electrons. The van der Waals surface area contributed by atoms with E-state index in [0.717, 1.165) is 24.2 Å². The number of methoxy groups -OCH3 is 1. The summed E-state index contributed by atoms with van der Waals surface area (Å²) in [6.45, 7) is 0.634. The van der Waals surface area contributed by atoms with Crippen molar-refractivity contribution in [3.63, 3.8) is 0 Å². The van der Waals surface area contributed by atoms with Gasteiger partial charge in [-0.1, -0.05) is 31.4 Å². The molecule has 22 heavy (non-hydrogen) atoms. The van der Waals surface area contributed by atoms with Crippen LogP contribution in [0.25, 0.3) is 0 Å². The third-order valence-corrected chi connectivity index (χ3v) is 4.55. The van der Waals surface area contributed by atoms with Crippen LogP contribution in [-0.2, 0) is 4.79 Å². The predicted octanol–water partition coefficient (Wildman–Crippen LogP) is 2.99. The molecule has 0 aliphatic heterocycles. The minimum absolute atomic E-state index is 0.155. The fraction of sp³-hybridized carbons (Fsp3) is 0.611. The second kappa shape index (κ2) is 8.18. The van der Waals surface area contributed by atoms with E-state index in [9.17, 15) is 4.79 Å². The minimum atomic E-state index is 0.155. The Balaban J connectivity index is 1.97. The number of likely N-dealkylation sites (N-methyl/N-ethyl adjacent to an activating group) is 1. The molecule has 1 aliphatic rings. The molecule has 1 atom stereocenters. The lowest BCUT2D eigenvalue weighted by Gasteiger charge is -2.27. The smallest absolute Gasteiger partial charge is 0.223 e. The first-order valence-corrected chi connectivity index (χ1v) is 8.20. The average molecular weight is 304 g/mol. The first-order valence-electron chi connectivity index (χ1n) is 8.20. The lowest BCUT2D eigenvalue weighted by atomic mass is 9.88. The van der Waals surface area contributed by atoms with Crippen LogP contribution >= 0.6 is 0 Å². The van der Waals surface area contributed by atoms with Gasteiger partial charge in [0.05, 0.1) is 13.2 Å². The number of carbonyl (C=O) groups is 1. The number of hydrogen-bond acceptors (Lipinski definition) is 3. The van der Waals surface area contributed by atoms with Gasteiger partial charge in [-0.05, 0) is 44.6 Å². The molecular weight excluding hydrogens is 276 g/mol. The van der Waals surface area contributed by atoms with E-state index < -0.39 is 0 Å². The van der Waals surface area contributed by atoms with Gasteiger partial charge in [0.15, 0.2) is 0 Å². The summed E-state index contributed by atoms with van der Waals surface area (Å²) in [5.74, 6) is 1.28. The molecule has 122 valence electrons. The molecule has 4 nitrogen and oxygen atoms in total. The van der Waals surface area contributed by atoms with Gasteiger partial charge in [-0.2, -0.15) is 0 Å². The Labute approximate surface area is 133 Å². The molecule has 1 fully saturated rings. The number of nitrogens with one attached hydrogen (secondary N) is 1. The zero-order valence-electron chi connectivity index (χ0n) is 14.0. The van der Waals surface area contributed by atoms with E-state index >= 15 is 0 Å². The van der Waals surface area contributed by atoms with E-state index in [1.54, 1.807) is 7.11 Å². The van der Waals surface area contributed by atoms with Crippen molar-refractivity contribution in [1.82, 2.24) is 10.2 Å². The zero-order chi connectivity index (χ0) is 15.9. The summed E-state index contributed by atoms with van der Waals surface area (Å²) in [5, 5.41) is 3.15. The van der Waals surface area contributed by atoms with Crippen LogP contribution in [-0.4, -0.2) is 38.6 Å². The minimum Gasteiger partial charge on any atom is -0.497 e. The molecule has 1 aliphatic carbocycles. The van der Waals surface area contributed by atoms with Crippen LogP contribution in [0.5, 0.6) is 5.75 Å². The number of ether oxygens (including phenoxy) is 1. The Kier molecular flexibility index (Phi) is 6.25. The summed E-state index contributed by atoms with van der Waals surface area (Å²) in [6.07, 6.45) is 5.72. The fourth-order valence-corrected chi connectivity index (χ4v) is 3.15. The molecule has 1 aromatic carbocycles. The van der Waals surface area contributed by atoms with Gasteiger partial charge in [0, 0.05) is 12.5 Å². The van der Waals surface area contributed by atoms with E-state index in [1.807, 2.05) is 32.3 Å². The van der Waals surface area contributed by atoms with Gasteiger partial charge in [0.1, 0.15) is 5.75 Å². The van der Waals surface area contributed by atoms with Gasteiger partial charge in [0.2, 0.25) is 5.91 Å². The van der Waals surface area contributed by atoms with E-state index in [4.69, 9.17) is 4.74 Å². The van der Waals surface area contributed by atoms with Crippen molar-refractivity contribution in [2.45, 2.75) is 38.1 Å². The second-order valence-electron chi connectivity index (χ2n) is 6.34. The van der Waals surface area contributed by atoms with Crippen LogP contribution in [0.3, 0.4) is 0 Å². The topological polar surface area (TPSA) is 41.6 Å². The molecule has 1 unspecified atom stereocenters. The highest BCUT2D eigenvalue weighted by Crippen LogP contribution is 2.25. The monoisotopic (exact) mass is 304 g/mol. The maximum Gasteiger partial charge on any atom is 0.223 e. The molecule has 1 N–H and O–H groups in total. The lowest BCUT2D eigenvalue weighted by molar-refractivity contribution is -0.126. The maximum absolute atomic E-state index is 12.3. The molecule has 0 bridgehead atoms. The molecular formula is C18H28N2O2.